The summed E-state index contributed by atoms with van der Waals surface area (Å²) in [6.45, 7) is 10.8. The topological polar surface area (TPSA) is 152 Å². The maximum absolute atomic E-state index is 13.8. The average Bonchev–Trinajstić information content (AvgIpc) is 3.00. The Balaban J connectivity index is 1.85. The zero-order chi connectivity index (χ0) is 32.1. The Morgan fingerprint density at radius 2 is 1.59 bits per heavy atom. The first kappa shape index (κ1) is 34.9. The molecule has 1 saturated heterocycles. The highest BCUT2D eigenvalue weighted by molar-refractivity contribution is 7.54. The third-order valence-corrected chi connectivity index (χ3v) is 8.78. The Hall–Kier alpha value is -3.54. The molecule has 3 amide bonds. The highest BCUT2D eigenvalue weighted by Crippen LogP contribution is 2.48. The van der Waals surface area contributed by atoms with Crippen molar-refractivity contribution >= 4 is 31.3 Å². The first-order valence-corrected chi connectivity index (χ1v) is 16.9. The van der Waals surface area contributed by atoms with Gasteiger partial charge in [-0.05, 0) is 34.1 Å². The Morgan fingerprint density at radius 3 is 2.18 bits per heavy atom. The molecule has 1 unspecified atom stereocenters. The number of benzene rings is 1. The van der Waals surface area contributed by atoms with Gasteiger partial charge in [0, 0.05) is 43.9 Å². The highest BCUT2D eigenvalue weighted by atomic mass is 31.2. The Bertz CT molecular complexity index is 1280. The van der Waals surface area contributed by atoms with Crippen LogP contribution in [0.2, 0.25) is 0 Å². The summed E-state index contributed by atoms with van der Waals surface area (Å²) in [4.78, 5) is 52.1. The number of aromatic nitrogens is 2. The molecule has 2 heterocycles. The third kappa shape index (κ3) is 10.3. The second kappa shape index (κ2) is 17.1. The fraction of sp³-hybridized carbons (Fsp3) is 0.567. The van der Waals surface area contributed by atoms with E-state index in [4.69, 9.17) is 13.8 Å². The number of carbonyl (C=O) groups excluding carboxylic acids is 3. The minimum Gasteiger partial charge on any atom is -0.449 e. The van der Waals surface area contributed by atoms with E-state index in [2.05, 4.69) is 20.6 Å². The van der Waals surface area contributed by atoms with Crippen molar-refractivity contribution in [1.29, 1.82) is 0 Å². The van der Waals surface area contributed by atoms with E-state index in [1.807, 2.05) is 51.1 Å². The molecule has 44 heavy (non-hydrogen) atoms. The van der Waals surface area contributed by atoms with Crippen LogP contribution in [0.3, 0.4) is 0 Å². The number of nitrogens with one attached hydrogen (secondary N) is 2. The fourth-order valence-electron chi connectivity index (χ4n) is 4.55. The number of ether oxygens (including phenoxy) is 1. The van der Waals surface area contributed by atoms with Gasteiger partial charge in [0.25, 0.3) is 5.91 Å². The lowest BCUT2D eigenvalue weighted by atomic mass is 10.2. The molecule has 2 aromatic rings. The quantitative estimate of drug-likeness (QED) is 0.213. The van der Waals surface area contributed by atoms with Crippen LogP contribution in [0.5, 0.6) is 0 Å². The SMILES string of the molecule is CCCCOC(=O)N1CCN(C(=O)C(CP(=O)(OCC)OCC)NC(=O)c2cc(NC(C)C)nc(-c3ccccc3)n2)CC1. The third-order valence-electron chi connectivity index (χ3n) is 6.66. The maximum Gasteiger partial charge on any atom is 0.409 e. The predicted octanol–water partition coefficient (Wildman–Crippen LogP) is 4.41. The fourth-order valence-corrected chi connectivity index (χ4v) is 6.32. The van der Waals surface area contributed by atoms with Gasteiger partial charge in [-0.2, -0.15) is 0 Å². The standard InChI is InChI=1S/C30H45N6O7P/c1-6-9-19-41-30(39)36-17-15-35(16-18-36)29(38)25(21-44(40,42-7-2)43-8-3)33-28(37)24-20-26(31-22(4)5)34-27(32-24)23-13-11-10-12-14-23/h10-14,20,22,25H,6-9,15-19,21H2,1-5H3,(H,33,37)(H,31,32,34). The molecule has 1 atom stereocenters. The number of unbranched alkanes of at least 4 members (excludes halogenated alkanes) is 1. The summed E-state index contributed by atoms with van der Waals surface area (Å²) < 4.78 is 29.8. The van der Waals surface area contributed by atoms with Crippen LogP contribution in [0.25, 0.3) is 11.4 Å². The number of rotatable bonds is 15. The molecule has 0 saturated carbocycles. The Morgan fingerprint density at radius 1 is 0.955 bits per heavy atom. The van der Waals surface area contributed by atoms with Crippen molar-refractivity contribution in [3.05, 3.63) is 42.1 Å². The number of anilines is 1. The molecule has 242 valence electrons. The smallest absolute Gasteiger partial charge is 0.409 e. The number of nitrogens with zero attached hydrogens (tertiary/aromatic N) is 4. The molecule has 3 rings (SSSR count). The highest BCUT2D eigenvalue weighted by Gasteiger charge is 2.37. The molecule has 0 bridgehead atoms. The molecule has 1 aliphatic heterocycles. The maximum atomic E-state index is 13.8. The number of carbonyl (C=O) groups is 3. The predicted molar refractivity (Wildman–Crippen MR) is 168 cm³/mol. The van der Waals surface area contributed by atoms with Crippen LogP contribution < -0.4 is 10.6 Å². The van der Waals surface area contributed by atoms with Crippen LogP contribution >= 0.6 is 7.60 Å². The summed E-state index contributed by atoms with van der Waals surface area (Å²) in [5, 5.41) is 5.95. The molecular weight excluding hydrogens is 587 g/mol. The lowest BCUT2D eigenvalue weighted by Crippen LogP contribution is -2.57. The summed E-state index contributed by atoms with van der Waals surface area (Å²) >= 11 is 0. The van der Waals surface area contributed by atoms with E-state index in [-0.39, 0.29) is 57.3 Å². The molecule has 1 aromatic heterocycles. The van der Waals surface area contributed by atoms with Crippen LogP contribution in [-0.2, 0) is 23.1 Å². The van der Waals surface area contributed by atoms with Gasteiger partial charge < -0.3 is 34.2 Å². The number of piperazine rings is 1. The van der Waals surface area contributed by atoms with Crippen molar-refractivity contribution < 1.29 is 32.7 Å². The van der Waals surface area contributed by atoms with Crippen molar-refractivity contribution in [2.24, 2.45) is 0 Å². The Labute approximate surface area is 259 Å². The summed E-state index contributed by atoms with van der Waals surface area (Å²) in [6.07, 6.45) is 0.899. The monoisotopic (exact) mass is 632 g/mol. The average molecular weight is 633 g/mol. The van der Waals surface area contributed by atoms with Gasteiger partial charge in [0.1, 0.15) is 17.6 Å². The van der Waals surface area contributed by atoms with Gasteiger partial charge >= 0.3 is 13.7 Å². The second-order valence-corrected chi connectivity index (χ2v) is 12.7. The van der Waals surface area contributed by atoms with Crippen LogP contribution in [0.4, 0.5) is 10.6 Å². The Kier molecular flexibility index (Phi) is 13.6. The van der Waals surface area contributed by atoms with Crippen molar-refractivity contribution in [1.82, 2.24) is 25.1 Å². The van der Waals surface area contributed by atoms with Crippen molar-refractivity contribution in [2.75, 3.05) is 57.5 Å². The number of hydrogen-bond acceptors (Lipinski definition) is 10. The van der Waals surface area contributed by atoms with E-state index in [0.717, 1.165) is 12.8 Å². The van der Waals surface area contributed by atoms with Gasteiger partial charge in [0.2, 0.25) is 5.91 Å². The molecule has 1 fully saturated rings. The lowest BCUT2D eigenvalue weighted by molar-refractivity contribution is -0.134. The van der Waals surface area contributed by atoms with Gasteiger partial charge in [-0.25, -0.2) is 14.8 Å². The number of amides is 3. The van der Waals surface area contributed by atoms with Gasteiger partial charge in [0.15, 0.2) is 5.82 Å². The van der Waals surface area contributed by atoms with E-state index in [0.29, 0.717) is 23.8 Å². The molecular formula is C30H45N6O7P. The summed E-state index contributed by atoms with van der Waals surface area (Å²) in [7, 11) is -3.75. The second-order valence-electron chi connectivity index (χ2n) is 10.6. The molecule has 0 radical (unpaired) electrons. The molecule has 1 aliphatic rings. The summed E-state index contributed by atoms with van der Waals surface area (Å²) in [5.74, 6) is -0.332. The largest absolute Gasteiger partial charge is 0.449 e. The van der Waals surface area contributed by atoms with E-state index in [1.54, 1.807) is 18.7 Å². The van der Waals surface area contributed by atoms with Gasteiger partial charge in [-0.3, -0.25) is 14.2 Å². The molecule has 14 heteroatoms. The zero-order valence-electron chi connectivity index (χ0n) is 26.3. The van der Waals surface area contributed by atoms with E-state index in [9.17, 15) is 18.9 Å². The first-order valence-electron chi connectivity index (χ1n) is 15.2. The first-order chi connectivity index (χ1) is 21.1. The van der Waals surface area contributed by atoms with Crippen LogP contribution in [0.1, 0.15) is 57.9 Å². The van der Waals surface area contributed by atoms with Crippen LogP contribution in [0.15, 0.2) is 36.4 Å². The molecule has 2 N–H and O–H groups in total. The van der Waals surface area contributed by atoms with Gasteiger partial charge in [-0.15, -0.1) is 0 Å². The van der Waals surface area contributed by atoms with Crippen LogP contribution in [-0.4, -0.2) is 102 Å². The summed E-state index contributed by atoms with van der Waals surface area (Å²) in [5.41, 5.74) is 0.743. The van der Waals surface area contributed by atoms with E-state index in [1.165, 1.54) is 11.0 Å². The van der Waals surface area contributed by atoms with Crippen molar-refractivity contribution in [2.45, 2.75) is 59.5 Å². The van der Waals surface area contributed by atoms with Gasteiger partial charge in [-0.1, -0.05) is 43.7 Å². The molecule has 0 spiro atoms. The van der Waals surface area contributed by atoms with E-state index < -0.39 is 31.5 Å². The van der Waals surface area contributed by atoms with Crippen LogP contribution in [0, 0.1) is 0 Å². The van der Waals surface area contributed by atoms with E-state index >= 15 is 0 Å². The molecule has 0 aliphatic carbocycles. The number of hydrogen-bond donors (Lipinski definition) is 2. The zero-order valence-corrected chi connectivity index (χ0v) is 27.2. The molecule has 1 aromatic carbocycles. The normalized spacial score (nSPS) is 14.3. The lowest BCUT2D eigenvalue weighted by Gasteiger charge is -2.36. The molecule has 13 nitrogen and oxygen atoms in total. The summed E-state index contributed by atoms with van der Waals surface area (Å²) in [6, 6.07) is 9.53. The van der Waals surface area contributed by atoms with Crippen molar-refractivity contribution in [3.8, 4) is 11.4 Å². The minimum atomic E-state index is -3.75. The van der Waals surface area contributed by atoms with Gasteiger partial charge in [0.05, 0.1) is 26.0 Å². The van der Waals surface area contributed by atoms with Crippen molar-refractivity contribution in [3.63, 3.8) is 0 Å². The minimum absolute atomic E-state index is 0.0297.